The molecule has 96 valence electrons. The van der Waals surface area contributed by atoms with Crippen LogP contribution in [-0.2, 0) is 0 Å². The van der Waals surface area contributed by atoms with Crippen LogP contribution in [0.2, 0.25) is 0 Å². The maximum atomic E-state index is 9.78. The first-order valence-corrected chi connectivity index (χ1v) is 6.61. The number of likely N-dealkylation sites (tertiary alicyclic amines) is 1. The van der Waals surface area contributed by atoms with Crippen molar-refractivity contribution < 1.29 is 5.11 Å². The molecule has 1 unspecified atom stereocenters. The van der Waals surface area contributed by atoms with Crippen LogP contribution < -0.4 is 0 Å². The highest BCUT2D eigenvalue weighted by molar-refractivity contribution is 8.00. The summed E-state index contributed by atoms with van der Waals surface area (Å²) < 4.78 is -0.529. The Morgan fingerprint density at radius 1 is 1.12 bits per heavy atom. The Balaban J connectivity index is 3.33. The quantitative estimate of drug-likeness (QED) is 0.500. The molecule has 2 nitrogen and oxygen atoms in total. The molecule has 0 aromatic rings. The molecule has 1 aliphatic rings. The van der Waals surface area contributed by atoms with Crippen LogP contribution in [0.5, 0.6) is 0 Å². The minimum Gasteiger partial charge on any atom is -0.394 e. The molecular weight excluding hydrogens is 238 g/mol. The Bertz CT molecular complexity index is 289. The van der Waals surface area contributed by atoms with E-state index in [4.69, 9.17) is 25.3 Å². The highest BCUT2D eigenvalue weighted by atomic mass is 32.2. The van der Waals surface area contributed by atoms with Crippen molar-refractivity contribution in [3.05, 3.63) is 0 Å². The maximum absolute atomic E-state index is 9.78. The zero-order valence-corrected chi connectivity index (χ0v) is 13.0. The van der Waals surface area contributed by atoms with Gasteiger partial charge in [0.05, 0.1) is 16.2 Å². The Kier molecular flexibility index (Phi) is 3.49. The molecule has 1 fully saturated rings. The summed E-state index contributed by atoms with van der Waals surface area (Å²) >= 11 is 9.52. The molecule has 0 bridgehead atoms. The van der Waals surface area contributed by atoms with Gasteiger partial charge in [-0.25, -0.2) is 0 Å². The minimum atomic E-state index is -0.529. The van der Waals surface area contributed by atoms with Crippen LogP contribution in [0.25, 0.3) is 0 Å². The van der Waals surface area contributed by atoms with E-state index in [0.717, 1.165) is 6.42 Å². The van der Waals surface area contributed by atoms with Crippen molar-refractivity contribution in [1.29, 1.82) is 0 Å². The van der Waals surface area contributed by atoms with Gasteiger partial charge in [0.2, 0.25) is 0 Å². The van der Waals surface area contributed by atoms with Gasteiger partial charge >= 0.3 is 0 Å². The number of hydrogen-bond acceptors (Lipinski definition) is 4. The predicted octanol–water partition coefficient (Wildman–Crippen LogP) is 2.43. The minimum absolute atomic E-state index is 0.0376. The summed E-state index contributed by atoms with van der Waals surface area (Å²) in [6.07, 6.45) is 0.999. The number of aliphatic hydroxyl groups is 1. The van der Waals surface area contributed by atoms with Gasteiger partial charge < -0.3 is 5.11 Å². The van der Waals surface area contributed by atoms with Crippen LogP contribution in [0, 0.1) is 5.41 Å². The first-order valence-electron chi connectivity index (χ1n) is 5.72. The van der Waals surface area contributed by atoms with E-state index in [1.807, 2.05) is 14.0 Å². The van der Waals surface area contributed by atoms with Crippen molar-refractivity contribution in [1.82, 2.24) is 4.90 Å². The lowest BCUT2D eigenvalue weighted by Gasteiger charge is -2.65. The fourth-order valence-corrected chi connectivity index (χ4v) is 3.77. The van der Waals surface area contributed by atoms with Crippen LogP contribution in [0.15, 0.2) is 0 Å². The molecule has 1 saturated heterocycles. The average molecular weight is 263 g/mol. The molecule has 0 radical (unpaired) electrons. The van der Waals surface area contributed by atoms with Crippen molar-refractivity contribution >= 4 is 25.3 Å². The molecule has 0 aromatic heterocycles. The van der Waals surface area contributed by atoms with Crippen molar-refractivity contribution in [2.75, 3.05) is 13.7 Å². The normalized spacial score (nSPS) is 37.3. The van der Waals surface area contributed by atoms with Crippen LogP contribution in [0.1, 0.15) is 41.0 Å². The SMILES string of the molecule is CN1C(C)(C)CC(C)(C)C(S)(S)C1(C)CO. The number of thiol groups is 2. The third kappa shape index (κ3) is 1.73. The first-order chi connectivity index (χ1) is 6.92. The largest absolute Gasteiger partial charge is 0.394 e. The monoisotopic (exact) mass is 263 g/mol. The van der Waals surface area contributed by atoms with Crippen molar-refractivity contribution in [2.45, 2.75) is 56.2 Å². The molecule has 1 atom stereocenters. The maximum Gasteiger partial charge on any atom is 0.0806 e. The Hall–Kier alpha value is 0.620. The summed E-state index contributed by atoms with van der Waals surface area (Å²) in [7, 11) is 2.05. The Labute approximate surface area is 111 Å². The van der Waals surface area contributed by atoms with Gasteiger partial charge in [0.1, 0.15) is 0 Å². The fourth-order valence-electron chi connectivity index (χ4n) is 3.17. The van der Waals surface area contributed by atoms with Gasteiger partial charge in [-0.15, -0.1) is 0 Å². The summed E-state index contributed by atoms with van der Waals surface area (Å²) in [6, 6.07) is 0. The molecule has 0 aliphatic carbocycles. The van der Waals surface area contributed by atoms with Gasteiger partial charge in [-0.3, -0.25) is 4.90 Å². The van der Waals surface area contributed by atoms with E-state index in [2.05, 4.69) is 32.6 Å². The highest BCUT2D eigenvalue weighted by Crippen LogP contribution is 2.58. The van der Waals surface area contributed by atoms with E-state index in [1.54, 1.807) is 0 Å². The standard InChI is InChI=1S/C12H25NOS2/c1-9(2)7-10(3,4)13(6)11(5,8-14)12(9,15)16/h14-16H,7-8H2,1-6H3. The lowest BCUT2D eigenvalue weighted by Crippen LogP contribution is -2.73. The second-order valence-electron chi connectivity index (χ2n) is 6.54. The zero-order valence-electron chi connectivity index (χ0n) is 11.2. The van der Waals surface area contributed by atoms with E-state index >= 15 is 0 Å². The highest BCUT2D eigenvalue weighted by Gasteiger charge is 2.62. The second-order valence-corrected chi connectivity index (χ2v) is 8.23. The van der Waals surface area contributed by atoms with Crippen LogP contribution >= 0.6 is 25.3 Å². The average Bonchev–Trinajstić information content (AvgIpc) is 2.11. The summed E-state index contributed by atoms with van der Waals surface area (Å²) in [4.78, 5) is 2.21. The second kappa shape index (κ2) is 3.81. The molecule has 4 heteroatoms. The fraction of sp³-hybridized carbons (Fsp3) is 1.00. The first kappa shape index (κ1) is 14.7. The smallest absolute Gasteiger partial charge is 0.0806 e. The van der Waals surface area contributed by atoms with E-state index in [1.165, 1.54) is 0 Å². The summed E-state index contributed by atoms with van der Waals surface area (Å²) in [5.41, 5.74) is -0.451. The van der Waals surface area contributed by atoms with Crippen LogP contribution in [0.4, 0.5) is 0 Å². The van der Waals surface area contributed by atoms with Crippen LogP contribution in [0.3, 0.4) is 0 Å². The zero-order chi connectivity index (χ0) is 13.0. The summed E-state index contributed by atoms with van der Waals surface area (Å²) in [5.74, 6) is 0. The van der Waals surface area contributed by atoms with Crippen molar-refractivity contribution in [2.24, 2.45) is 5.41 Å². The molecule has 1 aliphatic heterocycles. The van der Waals surface area contributed by atoms with Crippen molar-refractivity contribution in [3.63, 3.8) is 0 Å². The van der Waals surface area contributed by atoms with Gasteiger partial charge in [-0.2, -0.15) is 25.3 Å². The van der Waals surface area contributed by atoms with Gasteiger partial charge in [0, 0.05) is 5.54 Å². The third-order valence-corrected chi connectivity index (χ3v) is 6.70. The van der Waals surface area contributed by atoms with Gasteiger partial charge in [0.25, 0.3) is 0 Å². The number of rotatable bonds is 1. The molecule has 16 heavy (non-hydrogen) atoms. The molecule has 0 aromatic carbocycles. The molecule has 1 N–H and O–H groups in total. The number of nitrogens with zero attached hydrogens (tertiary/aromatic N) is 1. The summed E-state index contributed by atoms with van der Waals surface area (Å²) in [5, 5.41) is 9.78. The topological polar surface area (TPSA) is 23.5 Å². The van der Waals surface area contributed by atoms with E-state index < -0.39 is 9.62 Å². The van der Waals surface area contributed by atoms with Gasteiger partial charge in [-0.05, 0) is 39.7 Å². The van der Waals surface area contributed by atoms with E-state index in [-0.39, 0.29) is 17.6 Å². The number of hydrogen-bond donors (Lipinski definition) is 3. The Morgan fingerprint density at radius 3 is 1.94 bits per heavy atom. The van der Waals surface area contributed by atoms with Gasteiger partial charge in [-0.1, -0.05) is 13.8 Å². The third-order valence-electron chi connectivity index (χ3n) is 4.53. The summed E-state index contributed by atoms with van der Waals surface area (Å²) in [6.45, 7) is 10.9. The molecule has 1 heterocycles. The van der Waals surface area contributed by atoms with E-state index in [9.17, 15) is 5.11 Å². The lowest BCUT2D eigenvalue weighted by molar-refractivity contribution is -0.0926. The van der Waals surface area contributed by atoms with Crippen molar-refractivity contribution in [3.8, 4) is 0 Å². The number of likely N-dealkylation sites (N-methyl/N-ethyl adjacent to an activating group) is 1. The van der Waals surface area contributed by atoms with E-state index in [0.29, 0.717) is 0 Å². The Morgan fingerprint density at radius 2 is 1.56 bits per heavy atom. The molecule has 0 amide bonds. The molecule has 1 rings (SSSR count). The lowest BCUT2D eigenvalue weighted by atomic mass is 9.65. The van der Waals surface area contributed by atoms with Crippen LogP contribution in [-0.4, -0.2) is 38.8 Å². The number of aliphatic hydroxyl groups excluding tert-OH is 1. The molecule has 0 spiro atoms. The molecule has 0 saturated carbocycles. The van der Waals surface area contributed by atoms with Gasteiger partial charge in [0.15, 0.2) is 0 Å². The molecular formula is C12H25NOS2. The predicted molar refractivity (Wildman–Crippen MR) is 76.4 cm³/mol. The number of piperidine rings is 1.